The summed E-state index contributed by atoms with van der Waals surface area (Å²) in [4.78, 5) is 14.5. The fraction of sp³-hybridized carbons (Fsp3) is 0.526. The van der Waals surface area contributed by atoms with E-state index in [-0.39, 0.29) is 22.6 Å². The molecule has 156 valence electrons. The molecule has 1 amide bonds. The van der Waals surface area contributed by atoms with Crippen LogP contribution in [0.1, 0.15) is 36.4 Å². The molecule has 2 aliphatic heterocycles. The molecule has 9 nitrogen and oxygen atoms in total. The van der Waals surface area contributed by atoms with Gasteiger partial charge < -0.3 is 14.1 Å². The van der Waals surface area contributed by atoms with Crippen LogP contribution in [0.5, 0.6) is 0 Å². The monoisotopic (exact) mass is 420 g/mol. The maximum atomic E-state index is 12.7. The molecule has 10 heteroatoms. The van der Waals surface area contributed by atoms with Crippen molar-refractivity contribution in [1.29, 1.82) is 0 Å². The van der Waals surface area contributed by atoms with Crippen LogP contribution in [0.15, 0.2) is 33.6 Å². The van der Waals surface area contributed by atoms with Crippen molar-refractivity contribution >= 4 is 15.9 Å². The van der Waals surface area contributed by atoms with Crippen LogP contribution in [0, 0.1) is 0 Å². The van der Waals surface area contributed by atoms with Crippen molar-refractivity contribution in [1.82, 2.24) is 19.4 Å². The van der Waals surface area contributed by atoms with E-state index in [0.717, 1.165) is 25.7 Å². The third kappa shape index (κ3) is 4.34. The Bertz CT molecular complexity index is 943. The predicted octanol–water partition coefficient (Wildman–Crippen LogP) is 1.77. The summed E-state index contributed by atoms with van der Waals surface area (Å²) in [5.74, 6) is -0.0948. The number of ether oxygens (including phenoxy) is 1. The predicted molar refractivity (Wildman–Crippen MR) is 104 cm³/mol. The first-order valence-electron chi connectivity index (χ1n) is 9.87. The fourth-order valence-electron chi connectivity index (χ4n) is 3.54. The zero-order valence-corrected chi connectivity index (χ0v) is 16.9. The third-order valence-corrected chi connectivity index (χ3v) is 7.12. The highest BCUT2D eigenvalue weighted by Gasteiger charge is 2.27. The van der Waals surface area contributed by atoms with Gasteiger partial charge in [-0.2, -0.15) is 4.31 Å². The van der Waals surface area contributed by atoms with E-state index in [1.165, 1.54) is 16.4 Å². The Morgan fingerprint density at radius 2 is 1.55 bits per heavy atom. The van der Waals surface area contributed by atoms with Crippen molar-refractivity contribution in [2.24, 2.45) is 0 Å². The molecule has 0 saturated carbocycles. The number of carbonyl (C=O) groups excluding carboxylic acids is 1. The molecule has 4 rings (SSSR count). The number of hydrogen-bond acceptors (Lipinski definition) is 7. The lowest BCUT2D eigenvalue weighted by molar-refractivity contribution is 0.0722. The summed E-state index contributed by atoms with van der Waals surface area (Å²) in [5, 5.41) is 7.86. The topological polar surface area (TPSA) is 106 Å². The third-order valence-electron chi connectivity index (χ3n) is 5.21. The first-order valence-corrected chi connectivity index (χ1v) is 11.3. The number of morpholine rings is 1. The molecular formula is C19H24N4O5S. The van der Waals surface area contributed by atoms with E-state index in [2.05, 4.69) is 10.2 Å². The van der Waals surface area contributed by atoms with Crippen molar-refractivity contribution in [3.63, 3.8) is 0 Å². The van der Waals surface area contributed by atoms with Crippen LogP contribution in [-0.2, 0) is 14.8 Å². The molecule has 2 fully saturated rings. The maximum Gasteiger partial charge on any atom is 0.311 e. The Morgan fingerprint density at radius 3 is 2.21 bits per heavy atom. The van der Waals surface area contributed by atoms with Crippen molar-refractivity contribution in [2.45, 2.75) is 30.6 Å². The molecule has 0 N–H and O–H groups in total. The zero-order chi connectivity index (χ0) is 20.3. The molecule has 2 saturated heterocycles. The van der Waals surface area contributed by atoms with Gasteiger partial charge in [0.05, 0.1) is 18.1 Å². The molecule has 2 aromatic rings. The van der Waals surface area contributed by atoms with Gasteiger partial charge in [-0.05, 0) is 37.1 Å². The van der Waals surface area contributed by atoms with E-state index in [1.807, 2.05) is 0 Å². The number of aromatic nitrogens is 2. The Kier molecular flexibility index (Phi) is 5.93. The molecule has 0 radical (unpaired) electrons. The molecule has 1 aromatic carbocycles. The second-order valence-electron chi connectivity index (χ2n) is 7.16. The van der Waals surface area contributed by atoms with Crippen LogP contribution in [0.3, 0.4) is 0 Å². The normalized spacial score (nSPS) is 19.1. The minimum Gasteiger partial charge on any atom is -0.412 e. The Labute approximate surface area is 169 Å². The summed E-state index contributed by atoms with van der Waals surface area (Å²) >= 11 is 0. The van der Waals surface area contributed by atoms with Gasteiger partial charge in [-0.1, -0.05) is 12.8 Å². The molecule has 0 atom stereocenters. The number of rotatable bonds is 4. The highest BCUT2D eigenvalue weighted by molar-refractivity contribution is 7.89. The van der Waals surface area contributed by atoms with E-state index >= 15 is 0 Å². The number of nitrogens with zero attached hydrogens (tertiary/aromatic N) is 4. The number of sulfonamides is 1. The van der Waals surface area contributed by atoms with Crippen molar-refractivity contribution in [2.75, 3.05) is 39.4 Å². The Morgan fingerprint density at radius 1 is 0.897 bits per heavy atom. The maximum absolute atomic E-state index is 12.7. The standard InChI is InChI=1S/C19H24N4O5S/c24-19(22-9-3-1-2-4-10-22)18-21-20-17(28-18)15-5-7-16(8-6-15)29(25,26)23-11-13-27-14-12-23/h5-8H,1-4,9-14H2. The molecule has 3 heterocycles. The second kappa shape index (κ2) is 8.60. The van der Waals surface area contributed by atoms with Gasteiger partial charge in [0, 0.05) is 31.7 Å². The number of benzene rings is 1. The van der Waals surface area contributed by atoms with Crippen LogP contribution in [0.2, 0.25) is 0 Å². The molecular weight excluding hydrogens is 396 g/mol. The van der Waals surface area contributed by atoms with Gasteiger partial charge in [-0.15, -0.1) is 10.2 Å². The zero-order valence-electron chi connectivity index (χ0n) is 16.1. The molecule has 0 aliphatic carbocycles. The van der Waals surface area contributed by atoms with Crippen molar-refractivity contribution in [3.8, 4) is 11.5 Å². The highest BCUT2D eigenvalue weighted by Crippen LogP contribution is 2.23. The Hall–Kier alpha value is -2.30. The molecule has 0 bridgehead atoms. The van der Waals surface area contributed by atoms with Gasteiger partial charge >= 0.3 is 11.8 Å². The summed E-state index contributed by atoms with van der Waals surface area (Å²) in [5.41, 5.74) is 0.563. The fourth-order valence-corrected chi connectivity index (χ4v) is 4.95. The molecule has 0 spiro atoms. The van der Waals surface area contributed by atoms with Gasteiger partial charge in [-0.25, -0.2) is 8.42 Å². The number of likely N-dealkylation sites (tertiary alicyclic amines) is 1. The van der Waals surface area contributed by atoms with E-state index in [9.17, 15) is 13.2 Å². The van der Waals surface area contributed by atoms with Crippen LogP contribution in [-0.4, -0.2) is 73.1 Å². The number of amides is 1. The molecule has 0 unspecified atom stereocenters. The molecule has 1 aromatic heterocycles. The second-order valence-corrected chi connectivity index (χ2v) is 9.10. The summed E-state index contributed by atoms with van der Waals surface area (Å²) < 4.78 is 37.6. The van der Waals surface area contributed by atoms with Crippen molar-refractivity contribution < 1.29 is 22.4 Å². The average molecular weight is 420 g/mol. The van der Waals surface area contributed by atoms with Crippen LogP contribution >= 0.6 is 0 Å². The molecule has 2 aliphatic rings. The van der Waals surface area contributed by atoms with Gasteiger partial charge in [0.15, 0.2) is 0 Å². The van der Waals surface area contributed by atoms with Crippen LogP contribution < -0.4 is 0 Å². The smallest absolute Gasteiger partial charge is 0.311 e. The first kappa shape index (κ1) is 20.0. The first-order chi connectivity index (χ1) is 14.1. The minimum absolute atomic E-state index is 0.0353. The van der Waals surface area contributed by atoms with Gasteiger partial charge in [0.1, 0.15) is 0 Å². The summed E-state index contributed by atoms with van der Waals surface area (Å²) in [6, 6.07) is 6.25. The van der Waals surface area contributed by atoms with Crippen LogP contribution in [0.25, 0.3) is 11.5 Å². The average Bonchev–Trinajstić information content (AvgIpc) is 3.09. The van der Waals surface area contributed by atoms with Gasteiger partial charge in [0.2, 0.25) is 15.9 Å². The lowest BCUT2D eigenvalue weighted by atomic mass is 10.2. The number of carbonyl (C=O) groups is 1. The lowest BCUT2D eigenvalue weighted by Crippen LogP contribution is -2.40. The largest absolute Gasteiger partial charge is 0.412 e. The Balaban J connectivity index is 1.49. The quantitative estimate of drug-likeness (QED) is 0.742. The van der Waals surface area contributed by atoms with Gasteiger partial charge in [-0.3, -0.25) is 4.79 Å². The number of hydrogen-bond donors (Lipinski definition) is 0. The molecule has 29 heavy (non-hydrogen) atoms. The van der Waals surface area contributed by atoms with E-state index in [0.29, 0.717) is 45.0 Å². The summed E-state index contributed by atoms with van der Waals surface area (Å²) in [7, 11) is -3.56. The lowest BCUT2D eigenvalue weighted by Gasteiger charge is -2.26. The van der Waals surface area contributed by atoms with Gasteiger partial charge in [0.25, 0.3) is 0 Å². The minimum atomic E-state index is -3.56. The van der Waals surface area contributed by atoms with E-state index in [1.54, 1.807) is 17.0 Å². The summed E-state index contributed by atoms with van der Waals surface area (Å²) in [6.07, 6.45) is 4.20. The highest BCUT2D eigenvalue weighted by atomic mass is 32.2. The van der Waals surface area contributed by atoms with E-state index in [4.69, 9.17) is 9.15 Å². The van der Waals surface area contributed by atoms with Crippen LogP contribution in [0.4, 0.5) is 0 Å². The van der Waals surface area contributed by atoms with Crippen molar-refractivity contribution in [3.05, 3.63) is 30.2 Å². The SMILES string of the molecule is O=C(c1nnc(-c2ccc(S(=O)(=O)N3CCOCC3)cc2)o1)N1CCCCCC1. The summed E-state index contributed by atoms with van der Waals surface area (Å²) in [6.45, 7) is 2.88. The van der Waals surface area contributed by atoms with E-state index < -0.39 is 10.0 Å².